The van der Waals surface area contributed by atoms with Crippen LogP contribution < -0.4 is 12.8 Å². The van der Waals surface area contributed by atoms with Crippen LogP contribution in [-0.4, -0.2) is 30.5 Å². The number of ether oxygens (including phenoxy) is 1. The molecule has 2 aliphatic carbocycles. The van der Waals surface area contributed by atoms with E-state index in [0.717, 1.165) is 12.3 Å². The van der Waals surface area contributed by atoms with Crippen molar-refractivity contribution in [2.75, 3.05) is 0 Å². The van der Waals surface area contributed by atoms with E-state index in [1.165, 1.54) is 6.42 Å². The van der Waals surface area contributed by atoms with Crippen molar-refractivity contribution in [3.05, 3.63) is 0 Å². The van der Waals surface area contributed by atoms with E-state index in [-0.39, 0.29) is 9.64 Å². The predicted octanol–water partition coefficient (Wildman–Crippen LogP) is 1.71. The molecule has 0 amide bonds. The summed E-state index contributed by atoms with van der Waals surface area (Å²) in [5.74, 6) is 2.47. The number of nitrogens with one attached hydrogen (secondary N) is 2. The first kappa shape index (κ1) is 15.6. The van der Waals surface area contributed by atoms with Gasteiger partial charge in [0.1, 0.15) is 0 Å². The Hall–Kier alpha value is 0.320. The van der Waals surface area contributed by atoms with Crippen LogP contribution in [0.5, 0.6) is 0 Å². The maximum absolute atomic E-state index is 12.9. The summed E-state index contributed by atoms with van der Waals surface area (Å²) in [7, 11) is 0. The first-order chi connectivity index (χ1) is 10.7. The van der Waals surface area contributed by atoms with Gasteiger partial charge in [0, 0.05) is 0 Å². The number of aliphatic imine (C=N–C) groups is 1. The van der Waals surface area contributed by atoms with Crippen molar-refractivity contribution in [1.29, 1.82) is 0 Å². The van der Waals surface area contributed by atoms with Crippen LogP contribution in [0.2, 0.25) is 0 Å². The molecule has 5 rings (SSSR count). The van der Waals surface area contributed by atoms with Crippen LogP contribution in [0.4, 0.5) is 0 Å². The molecule has 4 N–H and O–H groups in total. The SMILES string of the molecule is CC(C)(OC(=O)C(C)(I)C12NI1N2)C1C2CC3N=C(N)C1C3C2. The van der Waals surface area contributed by atoms with E-state index in [1.54, 1.807) is 0 Å². The summed E-state index contributed by atoms with van der Waals surface area (Å²) in [6, 6.07) is 0.431. The van der Waals surface area contributed by atoms with Crippen LogP contribution in [0.25, 0.3) is 0 Å². The number of hydrogen-bond acceptors (Lipinski definition) is 6. The van der Waals surface area contributed by atoms with Gasteiger partial charge in [-0.05, 0) is 0 Å². The Morgan fingerprint density at radius 3 is 2.70 bits per heavy atom. The molecule has 0 aromatic heterocycles. The van der Waals surface area contributed by atoms with E-state index in [1.807, 2.05) is 6.92 Å². The maximum atomic E-state index is 12.9. The van der Waals surface area contributed by atoms with Crippen molar-refractivity contribution in [3.8, 4) is 0 Å². The Morgan fingerprint density at radius 2 is 2.09 bits per heavy atom. The number of hydrogen-bond donors (Lipinski definition) is 3. The number of carbonyl (C=O) groups excluding carboxylic acids is 1. The molecule has 6 nitrogen and oxygen atoms in total. The zero-order valence-corrected chi connectivity index (χ0v) is 17.7. The number of esters is 1. The molecule has 0 aromatic carbocycles. The summed E-state index contributed by atoms with van der Waals surface area (Å²) < 4.78 is 12.4. The molecule has 6 unspecified atom stereocenters. The van der Waals surface area contributed by atoms with E-state index >= 15 is 0 Å². The predicted molar refractivity (Wildman–Crippen MR) is 104 cm³/mol. The first-order valence-corrected chi connectivity index (χ1v) is 12.5. The molecule has 3 aliphatic heterocycles. The quantitative estimate of drug-likeness (QED) is 0.125. The third-order valence-electron chi connectivity index (χ3n) is 6.48. The standard InChI is InChI=1S/C15H22I2N4O2/c1-13(2,23-12(22)14(3,16)15-17(20-15)21-15)10-6-4-7-8(5-6)19-11(18)9(7)10/h6-10,20-21H,4-5H2,1-3H3,(H2,18,19). The first-order valence-electron chi connectivity index (χ1n) is 8.18. The topological polar surface area (TPSA) is 109 Å². The number of halogens is 2. The Morgan fingerprint density at radius 1 is 1.43 bits per heavy atom. The van der Waals surface area contributed by atoms with Crippen molar-refractivity contribution >= 4 is 54.8 Å². The fraction of sp³-hybridized carbons (Fsp3) is 0.867. The number of rotatable bonds is 4. The summed E-state index contributed by atoms with van der Waals surface area (Å²) >= 11 is 1.08. The fourth-order valence-electron chi connectivity index (χ4n) is 5.28. The van der Waals surface area contributed by atoms with E-state index in [0.29, 0.717) is 29.7 Å². The van der Waals surface area contributed by atoms with Gasteiger partial charge in [-0.2, -0.15) is 0 Å². The van der Waals surface area contributed by atoms with Crippen molar-refractivity contribution < 1.29 is 9.53 Å². The van der Waals surface area contributed by atoms with Gasteiger partial charge in [-0.15, -0.1) is 0 Å². The zero-order valence-electron chi connectivity index (χ0n) is 13.4. The van der Waals surface area contributed by atoms with Crippen molar-refractivity contribution in [1.82, 2.24) is 7.06 Å². The van der Waals surface area contributed by atoms with Crippen LogP contribution in [0, 0.1) is 23.7 Å². The van der Waals surface area contributed by atoms with Crippen LogP contribution in [0.1, 0.15) is 33.6 Å². The van der Waals surface area contributed by atoms with Crippen molar-refractivity contribution in [2.24, 2.45) is 34.4 Å². The van der Waals surface area contributed by atoms with Gasteiger partial charge in [0.15, 0.2) is 0 Å². The Kier molecular flexibility index (Phi) is 2.94. The molecular formula is C15H22I2N4O2. The second-order valence-electron chi connectivity index (χ2n) is 8.20. The van der Waals surface area contributed by atoms with Gasteiger partial charge < -0.3 is 0 Å². The minimum absolute atomic E-state index is 0.0851. The molecular weight excluding hydrogens is 522 g/mol. The molecule has 128 valence electrons. The van der Waals surface area contributed by atoms with E-state index in [2.05, 4.69) is 48.5 Å². The van der Waals surface area contributed by atoms with Gasteiger partial charge in [-0.1, -0.05) is 0 Å². The number of nitrogens with zero attached hydrogens (tertiary/aromatic N) is 1. The van der Waals surface area contributed by atoms with Gasteiger partial charge in [0.05, 0.1) is 0 Å². The van der Waals surface area contributed by atoms with Crippen LogP contribution >= 0.6 is 43.0 Å². The van der Waals surface area contributed by atoms with Crippen LogP contribution in [0.15, 0.2) is 4.99 Å². The number of amidine groups is 1. The fourth-order valence-corrected chi connectivity index (χ4v) is 13.0. The monoisotopic (exact) mass is 544 g/mol. The van der Waals surface area contributed by atoms with Gasteiger partial charge in [-0.3, -0.25) is 0 Å². The normalized spacial score (nSPS) is 45.3. The zero-order chi connectivity index (χ0) is 16.4. The summed E-state index contributed by atoms with van der Waals surface area (Å²) in [5.41, 5.74) is 5.72. The van der Waals surface area contributed by atoms with Gasteiger partial charge in [0.2, 0.25) is 0 Å². The molecule has 0 spiro atoms. The molecule has 8 heteroatoms. The summed E-state index contributed by atoms with van der Waals surface area (Å²) in [4.78, 5) is 17.6. The molecule has 6 atom stereocenters. The van der Waals surface area contributed by atoms with Crippen LogP contribution in [-0.2, 0) is 9.53 Å². The van der Waals surface area contributed by atoms with Crippen LogP contribution in [0.3, 0.4) is 0 Å². The van der Waals surface area contributed by atoms with Gasteiger partial charge in [0.25, 0.3) is 0 Å². The van der Waals surface area contributed by atoms with E-state index in [4.69, 9.17) is 10.5 Å². The summed E-state index contributed by atoms with van der Waals surface area (Å²) in [5, 5.41) is 0. The third-order valence-corrected chi connectivity index (χ3v) is 13.6. The minimum atomic E-state index is -1.18. The Balaban J connectivity index is 1.38. The number of fused-ring (bicyclic) bond motifs is 2. The number of nitrogens with two attached hydrogens (primary N) is 1. The molecule has 4 fully saturated rings. The average molecular weight is 544 g/mol. The Bertz CT molecular complexity index is 643. The Labute approximate surface area is 157 Å². The number of alkyl halides is 2. The molecule has 2 saturated heterocycles. The summed E-state index contributed by atoms with van der Waals surface area (Å²) in [6.07, 6.45) is 2.30. The molecule has 0 radical (unpaired) electrons. The number of carbonyl (C=O) groups is 1. The second kappa shape index (κ2) is 4.35. The molecule has 2 bridgehead atoms. The molecule has 2 saturated carbocycles. The average Bonchev–Trinajstić information content (AvgIpc) is 3.18. The molecule has 0 aromatic rings. The van der Waals surface area contributed by atoms with E-state index < -0.39 is 29.4 Å². The molecule has 23 heavy (non-hydrogen) atoms. The third kappa shape index (κ3) is 1.86. The van der Waals surface area contributed by atoms with E-state index in [9.17, 15) is 4.79 Å². The second-order valence-corrected chi connectivity index (χ2v) is 14.7. The van der Waals surface area contributed by atoms with Crippen molar-refractivity contribution in [2.45, 2.75) is 52.3 Å². The van der Waals surface area contributed by atoms with Crippen molar-refractivity contribution in [3.63, 3.8) is 0 Å². The molecule has 5 aliphatic rings. The van der Waals surface area contributed by atoms with Gasteiger partial charge in [-0.25, -0.2) is 0 Å². The summed E-state index contributed by atoms with van der Waals surface area (Å²) in [6.45, 7) is 6.12. The van der Waals surface area contributed by atoms with Gasteiger partial charge >= 0.3 is 158 Å². The molecule has 3 heterocycles.